The molecule has 1 unspecified atom stereocenters. The lowest BCUT2D eigenvalue weighted by molar-refractivity contribution is 0.0732. The van der Waals surface area contributed by atoms with Gasteiger partial charge in [0.2, 0.25) is 0 Å². The van der Waals surface area contributed by atoms with Gasteiger partial charge in [-0.2, -0.15) is 0 Å². The first-order valence-electron chi connectivity index (χ1n) is 8.26. The lowest BCUT2D eigenvalue weighted by atomic mass is 9.99. The molecule has 0 bridgehead atoms. The zero-order valence-electron chi connectivity index (χ0n) is 14.4. The van der Waals surface area contributed by atoms with Crippen LogP contribution >= 0.6 is 0 Å². The predicted molar refractivity (Wildman–Crippen MR) is 93.6 cm³/mol. The number of phenolic OH excluding ortho intramolecular Hbond substituents is 1. The summed E-state index contributed by atoms with van der Waals surface area (Å²) in [4.78, 5) is 14.9. The second kappa shape index (κ2) is 6.56. The van der Waals surface area contributed by atoms with Gasteiger partial charge in [-0.1, -0.05) is 35.4 Å². The van der Waals surface area contributed by atoms with Crippen molar-refractivity contribution in [2.75, 3.05) is 13.7 Å². The van der Waals surface area contributed by atoms with Crippen LogP contribution in [0.5, 0.6) is 11.5 Å². The number of hydrogen-bond acceptors (Lipinski definition) is 3. The number of likely N-dealkylation sites (tertiary alicyclic amines) is 1. The van der Waals surface area contributed by atoms with Crippen molar-refractivity contribution in [1.29, 1.82) is 0 Å². The highest BCUT2D eigenvalue weighted by molar-refractivity contribution is 5.98. The average molecular weight is 325 g/mol. The number of rotatable bonds is 3. The molecule has 1 amide bonds. The van der Waals surface area contributed by atoms with Crippen LogP contribution in [-0.4, -0.2) is 29.6 Å². The van der Waals surface area contributed by atoms with Crippen LogP contribution in [0.3, 0.4) is 0 Å². The summed E-state index contributed by atoms with van der Waals surface area (Å²) >= 11 is 0. The summed E-state index contributed by atoms with van der Waals surface area (Å²) in [6.07, 6.45) is 1.91. The quantitative estimate of drug-likeness (QED) is 0.928. The summed E-state index contributed by atoms with van der Waals surface area (Å²) in [6, 6.07) is 11.5. The van der Waals surface area contributed by atoms with Crippen LogP contribution < -0.4 is 4.74 Å². The maximum atomic E-state index is 13.0. The fraction of sp³-hybridized carbons (Fsp3) is 0.350. The highest BCUT2D eigenvalue weighted by atomic mass is 16.5. The van der Waals surface area contributed by atoms with E-state index in [0.29, 0.717) is 17.9 Å². The molecule has 1 heterocycles. The molecule has 1 saturated heterocycles. The zero-order valence-corrected chi connectivity index (χ0v) is 14.4. The molecule has 126 valence electrons. The van der Waals surface area contributed by atoms with Crippen molar-refractivity contribution in [1.82, 2.24) is 4.90 Å². The van der Waals surface area contributed by atoms with Crippen LogP contribution in [0.1, 0.15) is 45.9 Å². The van der Waals surface area contributed by atoms with E-state index >= 15 is 0 Å². The number of aryl methyl sites for hydroxylation is 2. The number of carbonyl (C=O) groups is 1. The van der Waals surface area contributed by atoms with E-state index in [9.17, 15) is 9.90 Å². The zero-order chi connectivity index (χ0) is 17.3. The first-order chi connectivity index (χ1) is 11.5. The number of aromatic hydroxyl groups is 1. The van der Waals surface area contributed by atoms with Gasteiger partial charge in [0.05, 0.1) is 18.7 Å². The van der Waals surface area contributed by atoms with E-state index in [1.54, 1.807) is 18.2 Å². The molecule has 0 aliphatic carbocycles. The Balaban J connectivity index is 1.94. The second-order valence-corrected chi connectivity index (χ2v) is 6.43. The number of benzene rings is 2. The third-order valence-electron chi connectivity index (χ3n) is 4.59. The predicted octanol–water partition coefficient (Wildman–Crippen LogP) is 3.99. The SMILES string of the molecule is COc1cccc(C(=O)N2CCCC2c2cc(C)cc(C)c2)c1O. The molecule has 0 aromatic heterocycles. The van der Waals surface area contributed by atoms with Crippen molar-refractivity contribution >= 4 is 5.91 Å². The van der Waals surface area contributed by atoms with E-state index in [-0.39, 0.29) is 17.7 Å². The van der Waals surface area contributed by atoms with E-state index in [0.717, 1.165) is 12.8 Å². The van der Waals surface area contributed by atoms with Crippen molar-refractivity contribution in [3.63, 3.8) is 0 Å². The van der Waals surface area contributed by atoms with Crippen molar-refractivity contribution < 1.29 is 14.6 Å². The van der Waals surface area contributed by atoms with Crippen LogP contribution in [-0.2, 0) is 0 Å². The minimum atomic E-state index is -0.145. The molecule has 0 saturated carbocycles. The van der Waals surface area contributed by atoms with Crippen molar-refractivity contribution in [2.45, 2.75) is 32.7 Å². The number of phenols is 1. The van der Waals surface area contributed by atoms with Gasteiger partial charge in [0, 0.05) is 6.54 Å². The number of para-hydroxylation sites is 1. The third kappa shape index (κ3) is 2.96. The fourth-order valence-electron chi connectivity index (χ4n) is 3.57. The number of nitrogens with zero attached hydrogens (tertiary/aromatic N) is 1. The summed E-state index contributed by atoms with van der Waals surface area (Å²) in [6.45, 7) is 4.85. The summed E-state index contributed by atoms with van der Waals surface area (Å²) < 4.78 is 5.12. The molecule has 1 atom stereocenters. The monoisotopic (exact) mass is 325 g/mol. The topological polar surface area (TPSA) is 49.8 Å². The van der Waals surface area contributed by atoms with E-state index in [2.05, 4.69) is 32.0 Å². The Bertz CT molecular complexity index is 749. The molecule has 1 fully saturated rings. The van der Waals surface area contributed by atoms with E-state index in [1.807, 2.05) is 4.90 Å². The first kappa shape index (κ1) is 16.4. The Hall–Kier alpha value is -2.49. The van der Waals surface area contributed by atoms with Gasteiger partial charge >= 0.3 is 0 Å². The van der Waals surface area contributed by atoms with Crippen LogP contribution in [0.2, 0.25) is 0 Å². The summed E-state index contributed by atoms with van der Waals surface area (Å²) in [5, 5.41) is 10.3. The largest absolute Gasteiger partial charge is 0.504 e. The Kier molecular flexibility index (Phi) is 4.47. The van der Waals surface area contributed by atoms with Crippen LogP contribution in [0.4, 0.5) is 0 Å². The van der Waals surface area contributed by atoms with Gasteiger partial charge in [-0.05, 0) is 44.4 Å². The van der Waals surface area contributed by atoms with Crippen molar-refractivity contribution in [3.05, 3.63) is 58.7 Å². The van der Waals surface area contributed by atoms with Crippen molar-refractivity contribution in [3.8, 4) is 11.5 Å². The normalized spacial score (nSPS) is 17.1. The highest BCUT2D eigenvalue weighted by Gasteiger charge is 2.32. The number of amides is 1. The van der Waals surface area contributed by atoms with Gasteiger partial charge in [0.15, 0.2) is 11.5 Å². The second-order valence-electron chi connectivity index (χ2n) is 6.43. The lowest BCUT2D eigenvalue weighted by Gasteiger charge is -2.26. The summed E-state index contributed by atoms with van der Waals surface area (Å²) in [7, 11) is 1.48. The van der Waals surface area contributed by atoms with Gasteiger partial charge in [-0.15, -0.1) is 0 Å². The molecule has 24 heavy (non-hydrogen) atoms. The molecule has 0 spiro atoms. The first-order valence-corrected chi connectivity index (χ1v) is 8.26. The van der Waals surface area contributed by atoms with Crippen molar-refractivity contribution in [2.24, 2.45) is 0 Å². The molecule has 4 heteroatoms. The lowest BCUT2D eigenvalue weighted by Crippen LogP contribution is -2.30. The molecule has 4 nitrogen and oxygen atoms in total. The smallest absolute Gasteiger partial charge is 0.258 e. The van der Waals surface area contributed by atoms with Gasteiger partial charge in [0.1, 0.15) is 0 Å². The molecule has 0 radical (unpaired) electrons. The molecule has 1 N–H and O–H groups in total. The number of methoxy groups -OCH3 is 1. The molecule has 1 aliphatic rings. The average Bonchev–Trinajstić information content (AvgIpc) is 3.03. The fourth-order valence-corrected chi connectivity index (χ4v) is 3.57. The maximum absolute atomic E-state index is 13.0. The maximum Gasteiger partial charge on any atom is 0.258 e. The Morgan fingerprint density at radius 3 is 2.58 bits per heavy atom. The third-order valence-corrected chi connectivity index (χ3v) is 4.59. The molecule has 1 aliphatic heterocycles. The molecule has 2 aromatic rings. The van der Waals surface area contributed by atoms with Gasteiger partial charge in [-0.25, -0.2) is 0 Å². The minimum Gasteiger partial charge on any atom is -0.504 e. The Morgan fingerprint density at radius 1 is 1.21 bits per heavy atom. The number of ether oxygens (including phenoxy) is 1. The summed E-state index contributed by atoms with van der Waals surface area (Å²) in [5.74, 6) is 0.0899. The Morgan fingerprint density at radius 2 is 1.92 bits per heavy atom. The van der Waals surface area contributed by atoms with E-state index < -0.39 is 0 Å². The molecular formula is C20H23NO3. The molecular weight excluding hydrogens is 302 g/mol. The number of carbonyl (C=O) groups excluding carboxylic acids is 1. The minimum absolute atomic E-state index is 0.0571. The van der Waals surface area contributed by atoms with Crippen LogP contribution in [0, 0.1) is 13.8 Å². The highest BCUT2D eigenvalue weighted by Crippen LogP contribution is 2.37. The van der Waals surface area contributed by atoms with Crippen LogP contribution in [0.15, 0.2) is 36.4 Å². The number of hydrogen-bond donors (Lipinski definition) is 1. The van der Waals surface area contributed by atoms with Crippen LogP contribution in [0.25, 0.3) is 0 Å². The summed E-state index contributed by atoms with van der Waals surface area (Å²) in [5.41, 5.74) is 3.87. The van der Waals surface area contributed by atoms with E-state index in [1.165, 1.54) is 23.8 Å². The molecule has 3 rings (SSSR count). The van der Waals surface area contributed by atoms with E-state index in [4.69, 9.17) is 4.74 Å². The van der Waals surface area contributed by atoms with Gasteiger partial charge in [0.25, 0.3) is 5.91 Å². The molecule has 2 aromatic carbocycles. The Labute approximate surface area is 142 Å². The van der Waals surface area contributed by atoms with Gasteiger partial charge < -0.3 is 14.7 Å². The van der Waals surface area contributed by atoms with Gasteiger partial charge in [-0.3, -0.25) is 4.79 Å². The standard InChI is InChI=1S/C20H23NO3/c1-13-10-14(2)12-15(11-13)17-7-5-9-21(17)20(23)16-6-4-8-18(24-3)19(16)22/h4,6,8,10-12,17,22H,5,7,9H2,1-3H3.